The summed E-state index contributed by atoms with van der Waals surface area (Å²) in [5.41, 5.74) is -0.542. The Morgan fingerprint density at radius 2 is 1.65 bits per heavy atom. The van der Waals surface area contributed by atoms with Gasteiger partial charge in [0.2, 0.25) is 9.52 Å². The van der Waals surface area contributed by atoms with Gasteiger partial charge in [0.05, 0.1) is 10.6 Å². The molecule has 1 aliphatic heterocycles. The van der Waals surface area contributed by atoms with E-state index in [0.29, 0.717) is 15.7 Å². The number of aryl methyl sites for hydroxylation is 1. The molecule has 9 heteroatoms. The van der Waals surface area contributed by atoms with Crippen molar-refractivity contribution < 1.29 is 13.5 Å². The summed E-state index contributed by atoms with van der Waals surface area (Å²) in [7, 11) is -4.24. The molecule has 138 valence electrons. The lowest BCUT2D eigenvalue weighted by Gasteiger charge is -2.36. The van der Waals surface area contributed by atoms with Gasteiger partial charge in [-0.1, -0.05) is 82.8 Å². The van der Waals surface area contributed by atoms with E-state index >= 15 is 0 Å². The van der Waals surface area contributed by atoms with E-state index in [-0.39, 0.29) is 11.3 Å². The van der Waals surface area contributed by atoms with Gasteiger partial charge in [-0.25, -0.2) is 0 Å². The van der Waals surface area contributed by atoms with Crippen molar-refractivity contribution in [3.05, 3.63) is 65.7 Å². The molecule has 1 atom stereocenters. The highest BCUT2D eigenvalue weighted by atomic mass is 35.6. The summed E-state index contributed by atoms with van der Waals surface area (Å²) in [6.07, 6.45) is -0.265. The van der Waals surface area contributed by atoms with Crippen molar-refractivity contribution >= 4 is 50.5 Å². The molecule has 0 fully saturated rings. The van der Waals surface area contributed by atoms with E-state index in [1.807, 2.05) is 6.92 Å². The number of nitrogens with zero attached hydrogens (tertiary/aromatic N) is 2. The van der Waals surface area contributed by atoms with Crippen LogP contribution in [0.15, 0.2) is 64.6 Å². The molecule has 0 saturated heterocycles. The van der Waals surface area contributed by atoms with E-state index < -0.39 is 19.5 Å². The Hall–Kier alpha value is -1.31. The molecule has 0 radical (unpaired) electrons. The lowest BCUT2D eigenvalue weighted by Crippen LogP contribution is -2.55. The first-order valence-corrected chi connectivity index (χ1v) is 10.2. The predicted octanol–water partition coefficient (Wildman–Crippen LogP) is 3.85. The van der Waals surface area contributed by atoms with Crippen LogP contribution in [0, 0.1) is 6.92 Å². The van der Waals surface area contributed by atoms with Crippen LogP contribution in [0.4, 0.5) is 0 Å². The standard InChI is InChI=1S/C17H15Cl3N2O3S/c1-12-7-9-14(10-8-12)26(24,25)22-16(23,17(18,19)20)11-15(21-22)13-5-3-2-4-6-13/h2-10,23H,11H2,1H3. The molecule has 2 aromatic carbocycles. The summed E-state index contributed by atoms with van der Waals surface area (Å²) >= 11 is 17.8. The Morgan fingerprint density at radius 3 is 2.19 bits per heavy atom. The molecule has 0 aromatic heterocycles. The molecule has 1 heterocycles. The van der Waals surface area contributed by atoms with Crippen molar-refractivity contribution in [2.75, 3.05) is 0 Å². The lowest BCUT2D eigenvalue weighted by molar-refractivity contribution is -0.0382. The molecule has 0 aliphatic carbocycles. The van der Waals surface area contributed by atoms with Crippen LogP contribution in [0.3, 0.4) is 0 Å². The SMILES string of the molecule is Cc1ccc(S(=O)(=O)N2N=C(c3ccccc3)CC2(O)C(Cl)(Cl)Cl)cc1. The fourth-order valence-corrected chi connectivity index (χ4v) is 4.67. The molecule has 3 rings (SSSR count). The summed E-state index contributed by atoms with van der Waals surface area (Å²) in [5, 5.41) is 15.1. The van der Waals surface area contributed by atoms with E-state index in [9.17, 15) is 13.5 Å². The van der Waals surface area contributed by atoms with Gasteiger partial charge in [0, 0.05) is 6.42 Å². The summed E-state index contributed by atoms with van der Waals surface area (Å²) in [6, 6.07) is 14.9. The van der Waals surface area contributed by atoms with E-state index in [1.165, 1.54) is 12.1 Å². The van der Waals surface area contributed by atoms with Crippen molar-refractivity contribution in [1.29, 1.82) is 0 Å². The van der Waals surface area contributed by atoms with Crippen LogP contribution >= 0.6 is 34.8 Å². The first kappa shape index (κ1) is 19.5. The second-order valence-corrected chi connectivity index (χ2v) is 10.0. The maximum Gasteiger partial charge on any atom is 0.281 e. The number of rotatable bonds is 3. The van der Waals surface area contributed by atoms with E-state index in [4.69, 9.17) is 34.8 Å². The van der Waals surface area contributed by atoms with Gasteiger partial charge in [-0.15, -0.1) is 4.41 Å². The molecule has 1 unspecified atom stereocenters. The second kappa shape index (κ2) is 6.69. The zero-order valence-corrected chi connectivity index (χ0v) is 16.7. The van der Waals surface area contributed by atoms with Gasteiger partial charge in [-0.3, -0.25) is 0 Å². The summed E-state index contributed by atoms with van der Waals surface area (Å²) in [4.78, 5) is -0.0613. The third kappa shape index (κ3) is 3.32. The Balaban J connectivity index is 2.14. The smallest absolute Gasteiger partial charge is 0.281 e. The van der Waals surface area contributed by atoms with Gasteiger partial charge in [-0.05, 0) is 24.6 Å². The molecule has 0 amide bonds. The first-order valence-electron chi connectivity index (χ1n) is 7.60. The Morgan fingerprint density at radius 1 is 1.08 bits per heavy atom. The molecule has 0 spiro atoms. The van der Waals surface area contributed by atoms with Gasteiger partial charge in [0.15, 0.2) is 0 Å². The van der Waals surface area contributed by atoms with E-state index in [0.717, 1.165) is 5.56 Å². The summed E-state index contributed by atoms with van der Waals surface area (Å²) < 4.78 is 24.3. The van der Waals surface area contributed by atoms with Crippen LogP contribution in [0.5, 0.6) is 0 Å². The van der Waals surface area contributed by atoms with Crippen LogP contribution in [0.25, 0.3) is 0 Å². The van der Waals surface area contributed by atoms with Crippen molar-refractivity contribution in [2.24, 2.45) is 5.10 Å². The van der Waals surface area contributed by atoms with Crippen molar-refractivity contribution in [1.82, 2.24) is 4.41 Å². The number of alkyl halides is 3. The van der Waals surface area contributed by atoms with Crippen LogP contribution in [-0.2, 0) is 10.0 Å². The lowest BCUT2D eigenvalue weighted by atomic mass is 10.0. The van der Waals surface area contributed by atoms with Crippen molar-refractivity contribution in [3.63, 3.8) is 0 Å². The van der Waals surface area contributed by atoms with E-state index in [2.05, 4.69) is 5.10 Å². The Kier molecular flexibility index (Phi) is 5.01. The first-order chi connectivity index (χ1) is 12.1. The topological polar surface area (TPSA) is 70.0 Å². The number of hydrogen-bond acceptors (Lipinski definition) is 4. The number of halogens is 3. The molecular formula is C17H15Cl3N2O3S. The number of benzene rings is 2. The maximum atomic E-state index is 13.1. The van der Waals surface area contributed by atoms with Gasteiger partial charge in [-0.2, -0.15) is 13.5 Å². The Labute approximate surface area is 166 Å². The number of hydrazone groups is 1. The minimum Gasteiger partial charge on any atom is -0.365 e. The van der Waals surface area contributed by atoms with Crippen LogP contribution in [-0.4, -0.2) is 33.2 Å². The molecule has 0 bridgehead atoms. The number of hydrogen-bond donors (Lipinski definition) is 1. The molecule has 1 N–H and O–H groups in total. The highest BCUT2D eigenvalue weighted by Gasteiger charge is 2.60. The van der Waals surface area contributed by atoms with Gasteiger partial charge in [0.1, 0.15) is 0 Å². The van der Waals surface area contributed by atoms with Crippen molar-refractivity contribution in [3.8, 4) is 0 Å². The average Bonchev–Trinajstić information content (AvgIpc) is 2.96. The van der Waals surface area contributed by atoms with E-state index in [1.54, 1.807) is 42.5 Å². The minimum atomic E-state index is -4.24. The van der Waals surface area contributed by atoms with Crippen LogP contribution in [0.1, 0.15) is 17.5 Å². The molecule has 0 saturated carbocycles. The third-order valence-corrected chi connectivity index (χ3v) is 6.66. The minimum absolute atomic E-state index is 0.0613. The fourth-order valence-electron chi connectivity index (χ4n) is 2.59. The Bertz CT molecular complexity index is 941. The predicted molar refractivity (Wildman–Crippen MR) is 103 cm³/mol. The van der Waals surface area contributed by atoms with Crippen molar-refractivity contribution in [2.45, 2.75) is 27.8 Å². The largest absolute Gasteiger partial charge is 0.365 e. The highest BCUT2D eigenvalue weighted by molar-refractivity contribution is 7.89. The molecule has 5 nitrogen and oxygen atoms in total. The number of aliphatic hydroxyl groups is 1. The summed E-state index contributed by atoms with van der Waals surface area (Å²) in [5.74, 6) is 0. The fraction of sp³-hybridized carbons (Fsp3) is 0.235. The molecule has 26 heavy (non-hydrogen) atoms. The highest BCUT2D eigenvalue weighted by Crippen LogP contribution is 2.48. The van der Waals surface area contributed by atoms with Gasteiger partial charge >= 0.3 is 0 Å². The van der Waals surface area contributed by atoms with Crippen LogP contribution < -0.4 is 0 Å². The van der Waals surface area contributed by atoms with Gasteiger partial charge < -0.3 is 5.11 Å². The third-order valence-electron chi connectivity index (χ3n) is 4.05. The normalized spacial score (nSPS) is 21.0. The number of sulfonamides is 1. The average molecular weight is 434 g/mol. The second-order valence-electron chi connectivity index (χ2n) is 5.96. The maximum absolute atomic E-state index is 13.1. The zero-order valence-electron chi connectivity index (χ0n) is 13.6. The molecule has 1 aliphatic rings. The monoisotopic (exact) mass is 432 g/mol. The van der Waals surface area contributed by atoms with Crippen LogP contribution in [0.2, 0.25) is 0 Å². The van der Waals surface area contributed by atoms with Gasteiger partial charge in [0.25, 0.3) is 10.0 Å². The molecule has 2 aromatic rings. The molecular weight excluding hydrogens is 419 g/mol. The summed E-state index contributed by atoms with van der Waals surface area (Å²) in [6.45, 7) is 1.83. The quantitative estimate of drug-likeness (QED) is 0.747. The zero-order chi connectivity index (χ0) is 19.2.